The molecule has 0 saturated carbocycles. The van der Waals surface area contributed by atoms with Gasteiger partial charge in [0.05, 0.1) is 54.8 Å². The van der Waals surface area contributed by atoms with Gasteiger partial charge in [0, 0.05) is 10.8 Å². The van der Waals surface area contributed by atoms with Gasteiger partial charge in [-0.1, -0.05) is 36.4 Å². The van der Waals surface area contributed by atoms with E-state index in [-0.39, 0.29) is 5.69 Å². The van der Waals surface area contributed by atoms with E-state index in [0.29, 0.717) is 11.3 Å². The third kappa shape index (κ3) is 3.03. The van der Waals surface area contributed by atoms with Crippen molar-refractivity contribution >= 4 is 65.7 Å². The topological polar surface area (TPSA) is 27.0 Å². The lowest BCUT2D eigenvalue weighted by molar-refractivity contribution is -0.137. The molecule has 1 heterocycles. The Morgan fingerprint density at radius 1 is 0.852 bits per heavy atom. The predicted octanol–water partition coefficient (Wildman–Crippen LogP) is 7.43. The number of halogens is 4. The fraction of sp³-hybridized carbons (Fsp3) is 0.0500. The van der Waals surface area contributed by atoms with Crippen LogP contribution < -0.4 is 3.11 Å². The summed E-state index contributed by atoms with van der Waals surface area (Å²) in [6.45, 7) is 0. The van der Waals surface area contributed by atoms with Gasteiger partial charge in [-0.05, 0) is 24.3 Å². The molecule has 4 rings (SSSR count). The first kappa shape index (κ1) is 18.1. The van der Waals surface area contributed by atoms with E-state index < -0.39 is 11.7 Å². The summed E-state index contributed by atoms with van der Waals surface area (Å²) in [5, 5.41) is 11.2. The highest BCUT2D eigenvalue weighted by molar-refractivity contribution is 14.1. The molecule has 0 fully saturated rings. The number of para-hydroxylation sites is 1. The van der Waals surface area contributed by atoms with Crippen LogP contribution in [0.4, 0.5) is 24.5 Å². The van der Waals surface area contributed by atoms with Crippen molar-refractivity contribution in [1.82, 2.24) is 0 Å². The van der Waals surface area contributed by atoms with E-state index >= 15 is 0 Å². The van der Waals surface area contributed by atoms with Gasteiger partial charge in [-0.2, -0.15) is 18.4 Å². The molecule has 0 aliphatic carbocycles. The highest BCUT2D eigenvalue weighted by atomic mass is 127. The summed E-state index contributed by atoms with van der Waals surface area (Å²) >= 11 is 3.33. The zero-order chi connectivity index (χ0) is 19.2. The zero-order valence-corrected chi connectivity index (χ0v) is 16.6. The number of rotatable bonds is 2. The SMILES string of the molecule is N#Cc1cccc2c1sc1c(N(I)c3ccccc3C(F)(F)F)cccc12. The zero-order valence-electron chi connectivity index (χ0n) is 13.6. The summed E-state index contributed by atoms with van der Waals surface area (Å²) in [5.74, 6) is 0. The second kappa shape index (κ2) is 6.69. The molecule has 0 bridgehead atoms. The number of alkyl halides is 3. The Morgan fingerprint density at radius 2 is 1.48 bits per heavy atom. The number of hydrogen-bond donors (Lipinski definition) is 0. The van der Waals surface area contributed by atoms with E-state index in [1.807, 2.05) is 47.1 Å². The Bertz CT molecular complexity index is 1210. The van der Waals surface area contributed by atoms with Crippen molar-refractivity contribution in [3.05, 3.63) is 71.8 Å². The minimum atomic E-state index is -4.44. The number of nitrogens with zero attached hydrogens (tertiary/aromatic N) is 2. The average molecular weight is 494 g/mol. The van der Waals surface area contributed by atoms with Gasteiger partial charge < -0.3 is 0 Å². The summed E-state index contributed by atoms with van der Waals surface area (Å²) in [7, 11) is 0. The molecule has 0 aliphatic heterocycles. The maximum Gasteiger partial charge on any atom is 0.418 e. The molecule has 27 heavy (non-hydrogen) atoms. The highest BCUT2D eigenvalue weighted by Crippen LogP contribution is 2.46. The number of nitriles is 1. The Balaban J connectivity index is 1.97. The molecule has 1 aromatic heterocycles. The first-order chi connectivity index (χ1) is 12.9. The minimum Gasteiger partial charge on any atom is -0.281 e. The van der Waals surface area contributed by atoms with Crippen LogP contribution in [0.15, 0.2) is 60.7 Å². The van der Waals surface area contributed by atoms with Crippen LogP contribution in [-0.4, -0.2) is 0 Å². The molecule has 0 atom stereocenters. The fourth-order valence-corrected chi connectivity index (χ4v) is 5.32. The van der Waals surface area contributed by atoms with Gasteiger partial charge in [0.25, 0.3) is 0 Å². The lowest BCUT2D eigenvalue weighted by Crippen LogP contribution is -2.12. The van der Waals surface area contributed by atoms with Crippen LogP contribution in [0.5, 0.6) is 0 Å². The molecular formula is C20H10F3IN2S. The molecule has 7 heteroatoms. The van der Waals surface area contributed by atoms with E-state index in [0.717, 1.165) is 26.2 Å². The van der Waals surface area contributed by atoms with Crippen molar-refractivity contribution in [1.29, 1.82) is 5.26 Å². The summed E-state index contributed by atoms with van der Waals surface area (Å²) in [5.41, 5.74) is 0.622. The predicted molar refractivity (Wildman–Crippen MR) is 112 cm³/mol. The largest absolute Gasteiger partial charge is 0.418 e. The summed E-state index contributed by atoms with van der Waals surface area (Å²) in [4.78, 5) is 0. The minimum absolute atomic E-state index is 0.0797. The molecule has 134 valence electrons. The Labute approximate surface area is 170 Å². The first-order valence-electron chi connectivity index (χ1n) is 7.88. The highest BCUT2D eigenvalue weighted by Gasteiger charge is 2.35. The second-order valence-corrected chi connectivity index (χ2v) is 7.83. The Morgan fingerprint density at radius 3 is 2.19 bits per heavy atom. The van der Waals surface area contributed by atoms with Crippen molar-refractivity contribution in [3.8, 4) is 6.07 Å². The Hall–Kier alpha value is -2.31. The van der Waals surface area contributed by atoms with Crippen LogP contribution in [0.2, 0.25) is 0 Å². The first-order valence-corrected chi connectivity index (χ1v) is 9.66. The number of benzene rings is 3. The van der Waals surface area contributed by atoms with E-state index in [9.17, 15) is 18.4 Å². The lowest BCUT2D eigenvalue weighted by Gasteiger charge is -2.22. The average Bonchev–Trinajstić information content (AvgIpc) is 3.05. The standard InChI is InChI=1S/C20H10F3IN2S/c21-20(22,23)15-8-1-2-9-16(15)26(24)17-10-4-7-14-13-6-3-5-12(11-25)18(13)27-19(14)17/h1-10H. The van der Waals surface area contributed by atoms with E-state index in [4.69, 9.17) is 0 Å². The maximum atomic E-state index is 13.4. The molecule has 4 aromatic rings. The van der Waals surface area contributed by atoms with Crippen LogP contribution in [-0.2, 0) is 6.18 Å². The van der Waals surface area contributed by atoms with Crippen molar-refractivity contribution in [2.24, 2.45) is 0 Å². The van der Waals surface area contributed by atoms with Crippen LogP contribution in [0, 0.1) is 11.3 Å². The molecule has 0 aliphatic rings. The van der Waals surface area contributed by atoms with Crippen molar-refractivity contribution in [2.45, 2.75) is 6.18 Å². The van der Waals surface area contributed by atoms with Gasteiger partial charge >= 0.3 is 6.18 Å². The molecule has 0 saturated heterocycles. The summed E-state index contributed by atoms with van der Waals surface area (Å²) < 4.78 is 43.5. The third-order valence-electron chi connectivity index (χ3n) is 4.26. The van der Waals surface area contributed by atoms with Gasteiger partial charge in [0.2, 0.25) is 0 Å². The molecule has 0 N–H and O–H groups in total. The van der Waals surface area contributed by atoms with Gasteiger partial charge in [0.1, 0.15) is 6.07 Å². The van der Waals surface area contributed by atoms with Crippen molar-refractivity contribution < 1.29 is 13.2 Å². The van der Waals surface area contributed by atoms with E-state index in [2.05, 4.69) is 6.07 Å². The fourth-order valence-electron chi connectivity index (χ4n) is 3.06. The van der Waals surface area contributed by atoms with Crippen LogP contribution in [0.25, 0.3) is 20.2 Å². The number of fused-ring (bicyclic) bond motifs is 3. The smallest absolute Gasteiger partial charge is 0.281 e. The molecule has 0 amide bonds. The summed E-state index contributed by atoms with van der Waals surface area (Å²) in [6.07, 6.45) is -4.44. The molecule has 0 radical (unpaired) electrons. The molecule has 0 spiro atoms. The van der Waals surface area contributed by atoms with Crippen molar-refractivity contribution in [2.75, 3.05) is 3.11 Å². The van der Waals surface area contributed by atoms with E-state index in [1.54, 1.807) is 18.2 Å². The quantitative estimate of drug-likeness (QED) is 0.214. The lowest BCUT2D eigenvalue weighted by atomic mass is 10.1. The number of hydrogen-bond acceptors (Lipinski definition) is 3. The second-order valence-electron chi connectivity index (χ2n) is 5.85. The monoisotopic (exact) mass is 494 g/mol. The Kier molecular flexibility index (Phi) is 4.48. The normalized spacial score (nSPS) is 11.7. The van der Waals surface area contributed by atoms with Gasteiger partial charge in [-0.15, -0.1) is 11.3 Å². The van der Waals surface area contributed by atoms with Gasteiger partial charge in [0.15, 0.2) is 0 Å². The molecule has 0 unspecified atom stereocenters. The van der Waals surface area contributed by atoms with Gasteiger partial charge in [-0.25, -0.2) is 0 Å². The third-order valence-corrected chi connectivity index (χ3v) is 6.57. The molecule has 3 aromatic carbocycles. The van der Waals surface area contributed by atoms with Crippen LogP contribution >= 0.6 is 34.2 Å². The summed E-state index contributed by atoms with van der Waals surface area (Å²) in [6, 6.07) is 18.8. The van der Waals surface area contributed by atoms with Crippen LogP contribution in [0.3, 0.4) is 0 Å². The van der Waals surface area contributed by atoms with E-state index in [1.165, 1.54) is 26.6 Å². The number of anilines is 2. The van der Waals surface area contributed by atoms with Crippen molar-refractivity contribution in [3.63, 3.8) is 0 Å². The van der Waals surface area contributed by atoms with Gasteiger partial charge in [-0.3, -0.25) is 3.11 Å². The van der Waals surface area contributed by atoms with Crippen LogP contribution in [0.1, 0.15) is 11.1 Å². The molecule has 2 nitrogen and oxygen atoms in total. The maximum absolute atomic E-state index is 13.4. The number of thiophene rings is 1. The molecular weight excluding hydrogens is 484 g/mol.